The smallest absolute Gasteiger partial charge is 0.306 e. The van der Waals surface area contributed by atoms with E-state index >= 15 is 0 Å². The first-order valence-corrected chi connectivity index (χ1v) is 12.8. The quantitative estimate of drug-likeness (QED) is 0.147. The molecular weight excluding hydrogens is 530 g/mol. The van der Waals surface area contributed by atoms with Crippen LogP contribution in [0.4, 0.5) is 0 Å². The van der Waals surface area contributed by atoms with Crippen molar-refractivity contribution in [2.75, 3.05) is 83.1 Å². The SMILES string of the molecule is CC(=O)OC(CC(=O)[O-])C[N+](C)(C)C.CCC(=O)OC(CC(=O)[O-])C[N+](C)(C)C.C[N+](C)(C)CC(O)CC(=O)[O-]. The summed E-state index contributed by atoms with van der Waals surface area (Å²) in [6.45, 7) is 4.27. The van der Waals surface area contributed by atoms with Gasteiger partial charge in [0.1, 0.15) is 25.7 Å². The van der Waals surface area contributed by atoms with Gasteiger partial charge in [-0.3, -0.25) is 9.59 Å². The third-order valence-electron chi connectivity index (χ3n) is 4.37. The predicted octanol–water partition coefficient (Wildman–Crippen LogP) is -3.89. The van der Waals surface area contributed by atoms with E-state index in [4.69, 9.17) is 14.6 Å². The Kier molecular flexibility index (Phi) is 20.1. The average molecular weight is 582 g/mol. The summed E-state index contributed by atoms with van der Waals surface area (Å²) in [4.78, 5) is 52.6. The van der Waals surface area contributed by atoms with Gasteiger partial charge in [0.2, 0.25) is 0 Å². The molecule has 0 aliphatic rings. The number of nitrogens with zero attached hydrogens (tertiary/aromatic N) is 3. The lowest BCUT2D eigenvalue weighted by atomic mass is 10.2. The van der Waals surface area contributed by atoms with Gasteiger partial charge in [-0.05, 0) is 0 Å². The largest absolute Gasteiger partial charge is 0.550 e. The number of rotatable bonds is 15. The number of carbonyl (C=O) groups is 5. The van der Waals surface area contributed by atoms with Gasteiger partial charge in [0, 0.05) is 50.5 Å². The van der Waals surface area contributed by atoms with Crippen LogP contribution in [-0.4, -0.2) is 150 Å². The maximum atomic E-state index is 11.0. The summed E-state index contributed by atoms with van der Waals surface area (Å²) < 4.78 is 11.5. The lowest BCUT2D eigenvalue weighted by molar-refractivity contribution is -0.873. The first kappa shape index (κ1) is 41.7. The van der Waals surface area contributed by atoms with Crippen molar-refractivity contribution in [3.05, 3.63) is 0 Å². The Balaban J connectivity index is -0.000000520. The van der Waals surface area contributed by atoms with E-state index in [9.17, 15) is 39.3 Å². The molecule has 0 aromatic heterocycles. The normalized spacial score (nSPS) is 13.7. The lowest BCUT2D eigenvalue weighted by Gasteiger charge is -2.29. The maximum absolute atomic E-state index is 11.0. The van der Waals surface area contributed by atoms with Gasteiger partial charge >= 0.3 is 11.9 Å². The minimum absolute atomic E-state index is 0.249. The highest BCUT2D eigenvalue weighted by Gasteiger charge is 2.22. The standard InChI is InChI=1S/C10H19NO4.C9H17NO4.C7H15NO3/c1-5-10(14)15-8(6-9(12)13)7-11(2,3)4;1-7(11)14-8(5-9(12)13)6-10(2,3)4;1-8(2,3)5-6(9)4-7(10)11/h8H,5-7H2,1-4H3;8H,5-6H2,1-4H3;6,9H,4-5H2,1-3H3. The molecule has 3 atom stereocenters. The van der Waals surface area contributed by atoms with Gasteiger partial charge in [-0.15, -0.1) is 0 Å². The lowest BCUT2D eigenvalue weighted by Crippen LogP contribution is -2.45. The van der Waals surface area contributed by atoms with Crippen molar-refractivity contribution in [3.63, 3.8) is 0 Å². The average Bonchev–Trinajstić information content (AvgIpc) is 2.62. The molecule has 0 aliphatic heterocycles. The van der Waals surface area contributed by atoms with Crippen LogP contribution in [0.1, 0.15) is 39.5 Å². The summed E-state index contributed by atoms with van der Waals surface area (Å²) in [5.41, 5.74) is 0. The fraction of sp³-hybridized carbons (Fsp3) is 0.808. The summed E-state index contributed by atoms with van der Waals surface area (Å²) in [5, 5.41) is 40.0. The highest BCUT2D eigenvalue weighted by Crippen LogP contribution is 2.06. The van der Waals surface area contributed by atoms with Gasteiger partial charge in [0.05, 0.1) is 63.4 Å². The van der Waals surface area contributed by atoms with Crippen molar-refractivity contribution in [2.24, 2.45) is 0 Å². The molecule has 0 rings (SSSR count). The second kappa shape index (κ2) is 19.3. The fourth-order valence-corrected chi connectivity index (χ4v) is 3.27. The molecule has 40 heavy (non-hydrogen) atoms. The number of aliphatic hydroxyl groups is 1. The number of quaternary nitrogens is 3. The number of hydrogen-bond donors (Lipinski definition) is 1. The number of esters is 2. The Hall–Kier alpha value is -2.81. The first-order valence-electron chi connectivity index (χ1n) is 12.8. The minimum Gasteiger partial charge on any atom is -0.550 e. The maximum Gasteiger partial charge on any atom is 0.306 e. The van der Waals surface area contributed by atoms with E-state index in [0.717, 1.165) is 0 Å². The van der Waals surface area contributed by atoms with Crippen LogP contribution in [0.3, 0.4) is 0 Å². The van der Waals surface area contributed by atoms with E-state index in [1.165, 1.54) is 6.92 Å². The van der Waals surface area contributed by atoms with E-state index in [2.05, 4.69) is 0 Å². The molecule has 0 aromatic rings. The summed E-state index contributed by atoms with van der Waals surface area (Å²) >= 11 is 0. The molecule has 0 saturated heterocycles. The Morgan fingerprint density at radius 3 is 1.20 bits per heavy atom. The first-order chi connectivity index (χ1) is 17.8. The van der Waals surface area contributed by atoms with Crippen LogP contribution in [0.15, 0.2) is 0 Å². The van der Waals surface area contributed by atoms with Crippen LogP contribution in [0.25, 0.3) is 0 Å². The molecule has 0 radical (unpaired) electrons. The van der Waals surface area contributed by atoms with Gasteiger partial charge < -0.3 is 57.7 Å². The monoisotopic (exact) mass is 581 g/mol. The topological polar surface area (TPSA) is 193 Å². The molecule has 0 bridgehead atoms. The summed E-state index contributed by atoms with van der Waals surface area (Å²) in [6, 6.07) is 0. The summed E-state index contributed by atoms with van der Waals surface area (Å²) in [6.07, 6.45) is -2.56. The van der Waals surface area contributed by atoms with Crippen LogP contribution >= 0.6 is 0 Å². The number of carboxylic acid groups (broad SMARTS) is 3. The second-order valence-corrected chi connectivity index (χ2v) is 12.5. The number of carbonyl (C=O) groups excluding carboxylic acids is 5. The number of ether oxygens (including phenoxy) is 2. The van der Waals surface area contributed by atoms with Gasteiger partial charge in [-0.25, -0.2) is 0 Å². The van der Waals surface area contributed by atoms with Crippen LogP contribution in [0.2, 0.25) is 0 Å². The number of hydrogen-bond acceptors (Lipinski definition) is 11. The van der Waals surface area contributed by atoms with Crippen molar-refractivity contribution < 1.29 is 67.3 Å². The fourth-order valence-electron chi connectivity index (χ4n) is 3.27. The van der Waals surface area contributed by atoms with Gasteiger partial charge in [0.25, 0.3) is 0 Å². The molecule has 0 aromatic carbocycles. The number of aliphatic hydroxyl groups excluding tert-OH is 1. The third kappa shape index (κ3) is 35.2. The summed E-state index contributed by atoms with van der Waals surface area (Å²) in [7, 11) is 17.1. The van der Waals surface area contributed by atoms with Crippen molar-refractivity contribution in [3.8, 4) is 0 Å². The highest BCUT2D eigenvalue weighted by molar-refractivity contribution is 5.70. The Morgan fingerprint density at radius 1 is 0.625 bits per heavy atom. The van der Waals surface area contributed by atoms with Crippen LogP contribution in [-0.2, 0) is 33.4 Å². The number of carboxylic acids is 3. The second-order valence-electron chi connectivity index (χ2n) is 12.5. The molecule has 3 unspecified atom stereocenters. The molecule has 0 saturated carbocycles. The molecule has 0 amide bonds. The van der Waals surface area contributed by atoms with Crippen molar-refractivity contribution >= 4 is 29.8 Å². The zero-order valence-corrected chi connectivity index (χ0v) is 26.1. The minimum atomic E-state index is -1.20. The number of aliphatic carboxylic acids is 3. The predicted molar refractivity (Wildman–Crippen MR) is 139 cm³/mol. The molecule has 0 aliphatic carbocycles. The Morgan fingerprint density at radius 2 is 0.950 bits per heavy atom. The van der Waals surface area contributed by atoms with Crippen molar-refractivity contribution in [1.29, 1.82) is 0 Å². The molecule has 236 valence electrons. The molecular formula is C26H51N3O11. The van der Waals surface area contributed by atoms with E-state index in [0.29, 0.717) is 33.1 Å². The molecule has 0 fully saturated rings. The van der Waals surface area contributed by atoms with Crippen LogP contribution in [0.5, 0.6) is 0 Å². The van der Waals surface area contributed by atoms with E-state index in [1.54, 1.807) is 6.92 Å². The Bertz CT molecular complexity index is 781. The van der Waals surface area contributed by atoms with Crippen LogP contribution in [0, 0.1) is 0 Å². The van der Waals surface area contributed by atoms with Gasteiger partial charge in [-0.2, -0.15) is 0 Å². The molecule has 0 heterocycles. The molecule has 0 spiro atoms. The zero-order valence-electron chi connectivity index (χ0n) is 26.1. The number of likely N-dealkylation sites (N-methyl/N-ethyl adjacent to an activating group) is 3. The molecule has 14 heteroatoms. The van der Waals surface area contributed by atoms with E-state index in [1.807, 2.05) is 63.4 Å². The summed E-state index contributed by atoms with van der Waals surface area (Å²) in [5.74, 6) is -4.45. The van der Waals surface area contributed by atoms with Crippen LogP contribution < -0.4 is 15.3 Å². The van der Waals surface area contributed by atoms with E-state index < -0.39 is 42.2 Å². The van der Waals surface area contributed by atoms with Gasteiger partial charge in [0.15, 0.2) is 12.2 Å². The third-order valence-corrected chi connectivity index (χ3v) is 4.37. The highest BCUT2D eigenvalue weighted by atomic mass is 16.5. The molecule has 14 nitrogen and oxygen atoms in total. The van der Waals surface area contributed by atoms with Gasteiger partial charge in [-0.1, -0.05) is 6.92 Å². The zero-order chi connectivity index (χ0) is 32.5. The van der Waals surface area contributed by atoms with E-state index in [-0.39, 0.29) is 31.7 Å². The Labute approximate surface area is 238 Å². The van der Waals surface area contributed by atoms with Crippen molar-refractivity contribution in [1.82, 2.24) is 0 Å². The van der Waals surface area contributed by atoms with Crippen molar-refractivity contribution in [2.45, 2.75) is 57.8 Å². The molecule has 1 N–H and O–H groups in total.